The molecule has 0 radical (unpaired) electrons. The van der Waals surface area contributed by atoms with E-state index in [0.29, 0.717) is 30.2 Å². The van der Waals surface area contributed by atoms with E-state index in [1.54, 1.807) is 7.11 Å². The molecule has 0 saturated heterocycles. The Bertz CT molecular complexity index is 1590. The smallest absolute Gasteiger partial charge is 0.161 e. The lowest BCUT2D eigenvalue weighted by Crippen LogP contribution is -2.13. The summed E-state index contributed by atoms with van der Waals surface area (Å²) in [6.07, 6.45) is 16.3. The van der Waals surface area contributed by atoms with Crippen LogP contribution >= 0.6 is 0 Å². The first-order valence-electron chi connectivity index (χ1n) is 15.3. The van der Waals surface area contributed by atoms with Gasteiger partial charge in [0.25, 0.3) is 0 Å². The number of methoxy groups -OCH3 is 1. The van der Waals surface area contributed by atoms with E-state index in [-0.39, 0.29) is 5.92 Å². The third-order valence-electron chi connectivity index (χ3n) is 8.86. The SMILES string of the molecule is COc1cc(C(c2cn(C3CCCCC3)nn2)c2nc3ccccc3[nH]2)ccc1OCc1cn(C2CCCCC2)nn1. The molecule has 2 fully saturated rings. The van der Waals surface area contributed by atoms with Gasteiger partial charge in [-0.3, -0.25) is 0 Å². The minimum Gasteiger partial charge on any atom is -0.493 e. The normalized spacial score (nSPS) is 17.5. The van der Waals surface area contributed by atoms with Gasteiger partial charge in [0.05, 0.1) is 48.0 Å². The quantitative estimate of drug-likeness (QED) is 0.216. The number of ether oxygens (including phenoxy) is 2. The van der Waals surface area contributed by atoms with E-state index in [2.05, 4.69) is 42.6 Å². The van der Waals surface area contributed by atoms with Crippen molar-refractivity contribution in [3.05, 3.63) is 77.6 Å². The van der Waals surface area contributed by atoms with Crippen molar-refractivity contribution in [1.29, 1.82) is 0 Å². The van der Waals surface area contributed by atoms with Crippen LogP contribution in [0.4, 0.5) is 0 Å². The fraction of sp³-hybridized carbons (Fsp3) is 0.469. The topological polar surface area (TPSA) is 109 Å². The van der Waals surface area contributed by atoms with E-state index in [4.69, 9.17) is 14.5 Å². The first-order chi connectivity index (χ1) is 20.7. The first kappa shape index (κ1) is 26.7. The number of H-pyrrole nitrogens is 1. The lowest BCUT2D eigenvalue weighted by molar-refractivity contribution is 0.280. The number of nitrogens with zero attached hydrogens (tertiary/aromatic N) is 7. The van der Waals surface area contributed by atoms with Gasteiger partial charge < -0.3 is 14.5 Å². The summed E-state index contributed by atoms with van der Waals surface area (Å²) in [6.45, 7) is 0.325. The molecule has 0 spiro atoms. The van der Waals surface area contributed by atoms with Crippen molar-refractivity contribution in [2.75, 3.05) is 7.11 Å². The summed E-state index contributed by atoms with van der Waals surface area (Å²) in [5.74, 6) is 1.88. The Labute approximate surface area is 245 Å². The van der Waals surface area contributed by atoms with Gasteiger partial charge in [-0.05, 0) is 55.5 Å². The molecule has 10 heteroatoms. The minimum atomic E-state index is -0.243. The van der Waals surface area contributed by atoms with Crippen LogP contribution in [-0.2, 0) is 6.61 Å². The van der Waals surface area contributed by atoms with Crippen molar-refractivity contribution in [2.24, 2.45) is 0 Å². The Morgan fingerprint density at radius 3 is 2.29 bits per heavy atom. The highest BCUT2D eigenvalue weighted by atomic mass is 16.5. The highest BCUT2D eigenvalue weighted by Gasteiger charge is 2.27. The fourth-order valence-corrected chi connectivity index (χ4v) is 6.56. The predicted molar refractivity (Wildman–Crippen MR) is 159 cm³/mol. The van der Waals surface area contributed by atoms with Crippen molar-refractivity contribution in [1.82, 2.24) is 40.0 Å². The summed E-state index contributed by atoms with van der Waals surface area (Å²) in [4.78, 5) is 8.49. The Morgan fingerprint density at radius 1 is 0.833 bits per heavy atom. The number of nitrogens with one attached hydrogen (secondary N) is 1. The van der Waals surface area contributed by atoms with Gasteiger partial charge in [-0.25, -0.2) is 14.3 Å². The lowest BCUT2D eigenvalue weighted by atomic mass is 9.94. The third-order valence-corrected chi connectivity index (χ3v) is 8.86. The third kappa shape index (κ3) is 5.49. The maximum absolute atomic E-state index is 6.20. The molecule has 218 valence electrons. The molecular formula is C32H38N8O2. The van der Waals surface area contributed by atoms with Gasteiger partial charge in [0.1, 0.15) is 18.1 Å². The van der Waals surface area contributed by atoms with Crippen LogP contribution in [0.2, 0.25) is 0 Å². The molecule has 5 aromatic rings. The number of benzene rings is 2. The molecule has 42 heavy (non-hydrogen) atoms. The number of para-hydroxylation sites is 2. The van der Waals surface area contributed by atoms with E-state index in [1.807, 2.05) is 47.3 Å². The van der Waals surface area contributed by atoms with E-state index in [9.17, 15) is 0 Å². The fourth-order valence-electron chi connectivity index (χ4n) is 6.56. The van der Waals surface area contributed by atoms with Crippen molar-refractivity contribution < 1.29 is 9.47 Å². The summed E-state index contributed by atoms with van der Waals surface area (Å²) >= 11 is 0. The summed E-state index contributed by atoms with van der Waals surface area (Å²) in [6, 6.07) is 15.0. The maximum atomic E-state index is 6.20. The number of hydrogen-bond acceptors (Lipinski definition) is 7. The molecule has 1 atom stereocenters. The molecule has 2 saturated carbocycles. The zero-order chi connectivity index (χ0) is 28.3. The average molecular weight is 567 g/mol. The summed E-state index contributed by atoms with van der Waals surface area (Å²) < 4.78 is 16.1. The van der Waals surface area contributed by atoms with Gasteiger partial charge in [0, 0.05) is 6.20 Å². The Morgan fingerprint density at radius 2 is 1.55 bits per heavy atom. The minimum absolute atomic E-state index is 0.243. The van der Waals surface area contributed by atoms with Crippen LogP contribution in [0.1, 0.15) is 105 Å². The molecule has 3 aromatic heterocycles. The van der Waals surface area contributed by atoms with Crippen molar-refractivity contribution in [2.45, 2.75) is 88.8 Å². The Kier molecular flexibility index (Phi) is 7.59. The van der Waals surface area contributed by atoms with Gasteiger partial charge in [-0.1, -0.05) is 67.2 Å². The van der Waals surface area contributed by atoms with Crippen molar-refractivity contribution in [3.63, 3.8) is 0 Å². The molecule has 0 bridgehead atoms. The monoisotopic (exact) mass is 566 g/mol. The highest BCUT2D eigenvalue weighted by Crippen LogP contribution is 2.37. The molecule has 3 heterocycles. The molecule has 2 aliphatic rings. The summed E-state index contributed by atoms with van der Waals surface area (Å²) in [5.41, 5.74) is 4.58. The summed E-state index contributed by atoms with van der Waals surface area (Å²) in [7, 11) is 1.67. The van der Waals surface area contributed by atoms with Gasteiger partial charge >= 0.3 is 0 Å². The number of rotatable bonds is 9. The second-order valence-electron chi connectivity index (χ2n) is 11.7. The van der Waals surface area contributed by atoms with Crippen LogP contribution in [0, 0.1) is 0 Å². The van der Waals surface area contributed by atoms with Crippen LogP contribution in [0.25, 0.3) is 11.0 Å². The van der Waals surface area contributed by atoms with Crippen LogP contribution in [0.5, 0.6) is 11.5 Å². The van der Waals surface area contributed by atoms with Crippen molar-refractivity contribution in [3.8, 4) is 11.5 Å². The second-order valence-corrected chi connectivity index (χ2v) is 11.7. The molecule has 0 aliphatic heterocycles. The second kappa shape index (κ2) is 12.0. The van der Waals surface area contributed by atoms with Gasteiger partial charge in [-0.15, -0.1) is 10.2 Å². The number of fused-ring (bicyclic) bond motifs is 1. The highest BCUT2D eigenvalue weighted by molar-refractivity contribution is 5.75. The van der Waals surface area contributed by atoms with E-state index < -0.39 is 0 Å². The van der Waals surface area contributed by atoms with E-state index in [0.717, 1.165) is 46.7 Å². The van der Waals surface area contributed by atoms with Crippen LogP contribution < -0.4 is 9.47 Å². The average Bonchev–Trinajstić information content (AvgIpc) is 3.82. The standard InChI is InChI=1S/C32H38N8O2/c1-41-30-18-22(16-17-29(30)42-21-23-19-39(37-35-23)24-10-4-2-5-11-24)31(32-33-26-14-8-9-15-27(26)34-32)28-20-40(38-36-28)25-12-6-3-7-13-25/h8-9,14-20,24-25,31H,2-7,10-13,21H2,1H3,(H,33,34). The first-order valence-corrected chi connectivity index (χ1v) is 15.3. The molecule has 1 unspecified atom stereocenters. The van der Waals surface area contributed by atoms with Crippen molar-refractivity contribution >= 4 is 11.0 Å². The van der Waals surface area contributed by atoms with Crippen LogP contribution in [0.3, 0.4) is 0 Å². The van der Waals surface area contributed by atoms with Crippen LogP contribution in [-0.4, -0.2) is 47.1 Å². The lowest BCUT2D eigenvalue weighted by Gasteiger charge is -2.21. The van der Waals surface area contributed by atoms with Gasteiger partial charge in [-0.2, -0.15) is 0 Å². The molecular weight excluding hydrogens is 528 g/mol. The zero-order valence-corrected chi connectivity index (χ0v) is 24.2. The molecule has 1 N–H and O–H groups in total. The van der Waals surface area contributed by atoms with Crippen LogP contribution in [0.15, 0.2) is 54.9 Å². The molecule has 0 amide bonds. The zero-order valence-electron chi connectivity index (χ0n) is 24.2. The molecule has 10 nitrogen and oxygen atoms in total. The Balaban J connectivity index is 1.16. The Hall–Kier alpha value is -4.21. The molecule has 2 aliphatic carbocycles. The predicted octanol–water partition coefficient (Wildman–Crippen LogP) is 6.52. The van der Waals surface area contributed by atoms with E-state index in [1.165, 1.54) is 51.4 Å². The molecule has 7 rings (SSSR count). The van der Waals surface area contributed by atoms with Gasteiger partial charge in [0.2, 0.25) is 0 Å². The maximum Gasteiger partial charge on any atom is 0.161 e. The molecule has 2 aromatic carbocycles. The number of aromatic nitrogens is 8. The number of aromatic amines is 1. The van der Waals surface area contributed by atoms with E-state index >= 15 is 0 Å². The number of hydrogen-bond donors (Lipinski definition) is 1. The largest absolute Gasteiger partial charge is 0.493 e. The summed E-state index contributed by atoms with van der Waals surface area (Å²) in [5, 5.41) is 18.0. The van der Waals surface area contributed by atoms with Gasteiger partial charge in [0.15, 0.2) is 11.5 Å². The number of imidazole rings is 1.